The van der Waals surface area contributed by atoms with Gasteiger partial charge >= 0.3 is 0 Å². The van der Waals surface area contributed by atoms with E-state index in [1.807, 2.05) is 18.2 Å². The lowest BCUT2D eigenvalue weighted by atomic mass is 10.0. The van der Waals surface area contributed by atoms with Crippen LogP contribution < -0.4 is 10.1 Å². The summed E-state index contributed by atoms with van der Waals surface area (Å²) in [7, 11) is 1.57. The number of nitrogens with one attached hydrogen (secondary N) is 1. The lowest BCUT2D eigenvalue weighted by Crippen LogP contribution is -2.28. The molecule has 2 rings (SSSR count). The van der Waals surface area contributed by atoms with Crippen LogP contribution in [0, 0.1) is 11.6 Å². The summed E-state index contributed by atoms with van der Waals surface area (Å²) in [5, 5.41) is 12.7. The highest BCUT2D eigenvalue weighted by molar-refractivity contribution is 5.31. The van der Waals surface area contributed by atoms with E-state index in [4.69, 9.17) is 4.74 Å². The summed E-state index contributed by atoms with van der Waals surface area (Å²) in [5.74, 6) is -0.541. The second kappa shape index (κ2) is 7.33. The van der Waals surface area contributed by atoms with Crippen LogP contribution in [0.5, 0.6) is 5.75 Å². The molecule has 0 radical (unpaired) electrons. The first-order valence-electron chi connectivity index (χ1n) is 7.01. The van der Waals surface area contributed by atoms with Gasteiger partial charge in [0.25, 0.3) is 0 Å². The van der Waals surface area contributed by atoms with Crippen molar-refractivity contribution in [1.29, 1.82) is 0 Å². The normalized spacial score (nSPS) is 13.7. The van der Waals surface area contributed by atoms with Crippen molar-refractivity contribution in [2.24, 2.45) is 0 Å². The van der Waals surface area contributed by atoms with Crippen molar-refractivity contribution in [2.75, 3.05) is 13.7 Å². The van der Waals surface area contributed by atoms with E-state index in [-0.39, 0.29) is 18.7 Å². The maximum atomic E-state index is 13.8. The summed E-state index contributed by atoms with van der Waals surface area (Å²) in [6.45, 7) is 1.61. The monoisotopic (exact) mass is 307 g/mol. The zero-order chi connectivity index (χ0) is 16.1. The molecule has 0 aliphatic rings. The van der Waals surface area contributed by atoms with Gasteiger partial charge < -0.3 is 15.2 Å². The van der Waals surface area contributed by atoms with Gasteiger partial charge in [-0.1, -0.05) is 18.2 Å². The van der Waals surface area contributed by atoms with Gasteiger partial charge in [0.05, 0.1) is 19.8 Å². The SMILES string of the molecule is COc1cccc(C(CO)NC(C)c2ccc(F)cc2F)c1. The van der Waals surface area contributed by atoms with Crippen LogP contribution in [0.15, 0.2) is 42.5 Å². The maximum Gasteiger partial charge on any atom is 0.130 e. The predicted octanol–water partition coefficient (Wildman–Crippen LogP) is 3.36. The number of benzene rings is 2. The predicted molar refractivity (Wildman–Crippen MR) is 80.7 cm³/mol. The number of halogens is 2. The number of hydrogen-bond acceptors (Lipinski definition) is 3. The fraction of sp³-hybridized carbons (Fsp3) is 0.294. The number of aliphatic hydroxyl groups excluding tert-OH is 1. The third-order valence-electron chi connectivity index (χ3n) is 3.56. The first-order chi connectivity index (χ1) is 10.5. The van der Waals surface area contributed by atoms with E-state index in [9.17, 15) is 13.9 Å². The first kappa shape index (κ1) is 16.4. The smallest absolute Gasteiger partial charge is 0.130 e. The van der Waals surface area contributed by atoms with Crippen LogP contribution in [-0.4, -0.2) is 18.8 Å². The molecule has 0 bridgehead atoms. The van der Waals surface area contributed by atoms with Crippen LogP contribution in [0.4, 0.5) is 8.78 Å². The lowest BCUT2D eigenvalue weighted by Gasteiger charge is -2.23. The number of ether oxygens (including phenoxy) is 1. The summed E-state index contributed by atoms with van der Waals surface area (Å²) in [6, 6.07) is 10.00. The molecule has 22 heavy (non-hydrogen) atoms. The Hall–Kier alpha value is -1.98. The minimum atomic E-state index is -0.611. The van der Waals surface area contributed by atoms with Gasteiger partial charge in [-0.15, -0.1) is 0 Å². The molecule has 0 aliphatic heterocycles. The van der Waals surface area contributed by atoms with Crippen LogP contribution in [0.1, 0.15) is 30.1 Å². The molecule has 0 saturated heterocycles. The summed E-state index contributed by atoms with van der Waals surface area (Å²) in [4.78, 5) is 0. The van der Waals surface area contributed by atoms with Crippen molar-refractivity contribution in [3.05, 3.63) is 65.2 Å². The summed E-state index contributed by atoms with van der Waals surface area (Å²) in [5.41, 5.74) is 1.18. The van der Waals surface area contributed by atoms with E-state index in [1.165, 1.54) is 12.1 Å². The highest BCUT2D eigenvalue weighted by Crippen LogP contribution is 2.24. The van der Waals surface area contributed by atoms with Crippen LogP contribution in [0.2, 0.25) is 0 Å². The molecule has 0 spiro atoms. The van der Waals surface area contributed by atoms with E-state index >= 15 is 0 Å². The van der Waals surface area contributed by atoms with E-state index in [0.29, 0.717) is 11.3 Å². The van der Waals surface area contributed by atoms with Gasteiger partial charge in [0.2, 0.25) is 0 Å². The summed E-state index contributed by atoms with van der Waals surface area (Å²) >= 11 is 0. The third kappa shape index (κ3) is 3.81. The highest BCUT2D eigenvalue weighted by atomic mass is 19.1. The molecule has 5 heteroatoms. The standard InChI is InChI=1S/C17H19F2NO2/c1-11(15-7-6-13(18)9-16(15)19)20-17(10-21)12-4-3-5-14(8-12)22-2/h3-9,11,17,20-21H,10H2,1-2H3. The Labute approximate surface area is 128 Å². The molecule has 118 valence electrons. The molecular weight excluding hydrogens is 288 g/mol. The van der Waals surface area contributed by atoms with Crippen LogP contribution in [0.25, 0.3) is 0 Å². The fourth-order valence-electron chi connectivity index (χ4n) is 2.36. The molecule has 0 amide bonds. The van der Waals surface area contributed by atoms with Gasteiger partial charge in [-0.3, -0.25) is 0 Å². The lowest BCUT2D eigenvalue weighted by molar-refractivity contribution is 0.234. The van der Waals surface area contributed by atoms with E-state index in [0.717, 1.165) is 11.6 Å². The zero-order valence-electron chi connectivity index (χ0n) is 12.5. The quantitative estimate of drug-likeness (QED) is 0.860. The summed E-state index contributed by atoms with van der Waals surface area (Å²) < 4.78 is 31.9. The number of aliphatic hydroxyl groups is 1. The molecule has 3 nitrogen and oxygen atoms in total. The first-order valence-corrected chi connectivity index (χ1v) is 7.01. The van der Waals surface area contributed by atoms with Gasteiger partial charge in [-0.05, 0) is 30.7 Å². The van der Waals surface area contributed by atoms with E-state index < -0.39 is 11.6 Å². The van der Waals surface area contributed by atoms with Crippen molar-refractivity contribution in [3.63, 3.8) is 0 Å². The minimum Gasteiger partial charge on any atom is -0.497 e. The van der Waals surface area contributed by atoms with Gasteiger partial charge in [0.1, 0.15) is 17.4 Å². The van der Waals surface area contributed by atoms with Crippen molar-refractivity contribution in [3.8, 4) is 5.75 Å². The van der Waals surface area contributed by atoms with Gasteiger partial charge in [0.15, 0.2) is 0 Å². The highest BCUT2D eigenvalue weighted by Gasteiger charge is 2.18. The molecule has 2 atom stereocenters. The zero-order valence-corrected chi connectivity index (χ0v) is 12.5. The van der Waals surface area contributed by atoms with Crippen LogP contribution in [0.3, 0.4) is 0 Å². The molecule has 0 fully saturated rings. The van der Waals surface area contributed by atoms with Gasteiger partial charge in [0, 0.05) is 17.7 Å². The molecular formula is C17H19F2NO2. The number of methoxy groups -OCH3 is 1. The number of hydrogen-bond donors (Lipinski definition) is 2. The largest absolute Gasteiger partial charge is 0.497 e. The van der Waals surface area contributed by atoms with Crippen LogP contribution in [-0.2, 0) is 0 Å². The number of rotatable bonds is 6. The Balaban J connectivity index is 2.18. The van der Waals surface area contributed by atoms with Crippen LogP contribution >= 0.6 is 0 Å². The maximum absolute atomic E-state index is 13.8. The van der Waals surface area contributed by atoms with Crippen molar-refractivity contribution < 1.29 is 18.6 Å². The average molecular weight is 307 g/mol. The van der Waals surface area contributed by atoms with Gasteiger partial charge in [-0.2, -0.15) is 0 Å². The Kier molecular flexibility index (Phi) is 5.46. The second-order valence-corrected chi connectivity index (χ2v) is 5.07. The minimum absolute atomic E-state index is 0.152. The molecule has 2 aromatic carbocycles. The van der Waals surface area contributed by atoms with Crippen molar-refractivity contribution in [2.45, 2.75) is 19.0 Å². The fourth-order valence-corrected chi connectivity index (χ4v) is 2.36. The second-order valence-electron chi connectivity index (χ2n) is 5.07. The Bertz CT molecular complexity index is 634. The van der Waals surface area contributed by atoms with Crippen molar-refractivity contribution in [1.82, 2.24) is 5.32 Å². The Morgan fingerprint density at radius 1 is 1.18 bits per heavy atom. The van der Waals surface area contributed by atoms with E-state index in [1.54, 1.807) is 20.1 Å². The van der Waals surface area contributed by atoms with E-state index in [2.05, 4.69) is 5.32 Å². The molecule has 0 aliphatic carbocycles. The molecule has 2 unspecified atom stereocenters. The Morgan fingerprint density at radius 3 is 2.59 bits per heavy atom. The molecule has 0 saturated carbocycles. The molecule has 2 N–H and O–H groups in total. The van der Waals surface area contributed by atoms with Crippen molar-refractivity contribution >= 4 is 0 Å². The third-order valence-corrected chi connectivity index (χ3v) is 3.56. The van der Waals surface area contributed by atoms with Gasteiger partial charge in [-0.25, -0.2) is 8.78 Å². The summed E-state index contributed by atoms with van der Waals surface area (Å²) in [6.07, 6.45) is 0. The molecule has 2 aromatic rings. The Morgan fingerprint density at radius 2 is 1.95 bits per heavy atom. The average Bonchev–Trinajstić information content (AvgIpc) is 2.52. The molecule has 0 aromatic heterocycles. The molecule has 0 heterocycles. The topological polar surface area (TPSA) is 41.5 Å².